The van der Waals surface area contributed by atoms with Crippen LogP contribution in [0.3, 0.4) is 0 Å². The lowest BCUT2D eigenvalue weighted by Crippen LogP contribution is -2.31. The van der Waals surface area contributed by atoms with Gasteiger partial charge in [-0.15, -0.1) is 21.9 Å². The number of carbonyl (C=O) groups is 1. The van der Waals surface area contributed by atoms with E-state index in [9.17, 15) is 14.9 Å². The van der Waals surface area contributed by atoms with Crippen molar-refractivity contribution in [2.45, 2.75) is 36.7 Å². The Hall–Kier alpha value is -1.91. The van der Waals surface area contributed by atoms with Crippen molar-refractivity contribution in [3.05, 3.63) is 34.0 Å². The molecular formula is C14H18N2O7S. The van der Waals surface area contributed by atoms with Gasteiger partial charge in [0.15, 0.2) is 6.10 Å². The van der Waals surface area contributed by atoms with Gasteiger partial charge in [0.25, 0.3) is 5.09 Å². The van der Waals surface area contributed by atoms with Crippen LogP contribution in [0.1, 0.15) is 23.7 Å². The van der Waals surface area contributed by atoms with Crippen molar-refractivity contribution in [1.29, 1.82) is 0 Å². The fourth-order valence-electron chi connectivity index (χ4n) is 2.44. The fourth-order valence-corrected chi connectivity index (χ4v) is 3.16. The molecule has 1 N–H and O–H groups in total. The van der Waals surface area contributed by atoms with Crippen molar-refractivity contribution in [1.82, 2.24) is 4.98 Å². The zero-order valence-electron chi connectivity index (χ0n) is 13.0. The number of pyridine rings is 1. The van der Waals surface area contributed by atoms with Gasteiger partial charge in [-0.2, -0.15) is 0 Å². The quantitative estimate of drug-likeness (QED) is 0.475. The van der Waals surface area contributed by atoms with Crippen molar-refractivity contribution in [3.8, 4) is 0 Å². The predicted molar refractivity (Wildman–Crippen MR) is 83.6 cm³/mol. The molecule has 132 valence electrons. The molecule has 3 rings (SSSR count). The Balaban J connectivity index is 0.000000174. The number of hydrogen-bond acceptors (Lipinski definition) is 8. The first-order valence-corrected chi connectivity index (χ1v) is 8.37. The molecule has 9 nitrogen and oxygen atoms in total. The zero-order chi connectivity index (χ0) is 17.5. The van der Waals surface area contributed by atoms with Gasteiger partial charge in [0.05, 0.1) is 18.3 Å². The number of carboxylic acids is 1. The average molecular weight is 358 g/mol. The Morgan fingerprint density at radius 3 is 3.04 bits per heavy atom. The van der Waals surface area contributed by atoms with Crippen LogP contribution in [0.5, 0.6) is 0 Å². The summed E-state index contributed by atoms with van der Waals surface area (Å²) in [5.74, 6) is -0.0869. The molecule has 2 aliphatic rings. The van der Waals surface area contributed by atoms with Gasteiger partial charge in [-0.05, 0) is 24.3 Å². The van der Waals surface area contributed by atoms with Crippen LogP contribution in [0.15, 0.2) is 23.4 Å². The smallest absolute Gasteiger partial charge is 0.338 e. The highest BCUT2D eigenvalue weighted by Crippen LogP contribution is 2.28. The SMILES string of the molecule is CCSc1ncccc1C(=O)O.O=[N+]([O-])OC1CO[C@@H]2CCO[C@H]12. The predicted octanol–water partition coefficient (Wildman–Crippen LogP) is 1.64. The van der Waals surface area contributed by atoms with Crippen LogP contribution in [0.25, 0.3) is 0 Å². The van der Waals surface area contributed by atoms with Crippen LogP contribution in [0.4, 0.5) is 0 Å². The Morgan fingerprint density at radius 2 is 2.38 bits per heavy atom. The molecule has 1 unspecified atom stereocenters. The third kappa shape index (κ3) is 4.79. The molecule has 0 saturated carbocycles. The summed E-state index contributed by atoms with van der Waals surface area (Å²) in [5.41, 5.74) is 0.282. The van der Waals surface area contributed by atoms with Crippen LogP contribution in [0.2, 0.25) is 0 Å². The third-order valence-electron chi connectivity index (χ3n) is 3.42. The zero-order valence-corrected chi connectivity index (χ0v) is 13.8. The highest BCUT2D eigenvalue weighted by molar-refractivity contribution is 7.99. The van der Waals surface area contributed by atoms with Crippen LogP contribution in [-0.2, 0) is 14.3 Å². The number of thioether (sulfide) groups is 1. The van der Waals surface area contributed by atoms with E-state index in [1.807, 2.05) is 6.92 Å². The molecule has 3 atom stereocenters. The Kier molecular flexibility index (Phi) is 6.76. The Bertz CT molecular complexity index is 586. The van der Waals surface area contributed by atoms with Gasteiger partial charge < -0.3 is 19.4 Å². The average Bonchev–Trinajstić information content (AvgIpc) is 3.13. The number of rotatable bonds is 5. The second-order valence-corrected chi connectivity index (χ2v) is 6.21. The molecule has 0 aromatic carbocycles. The first-order chi connectivity index (χ1) is 11.5. The third-order valence-corrected chi connectivity index (χ3v) is 4.31. The number of hydrogen-bond donors (Lipinski definition) is 1. The Labute approximate surface area is 142 Å². The summed E-state index contributed by atoms with van der Waals surface area (Å²) in [5, 5.41) is 18.6. The molecule has 0 amide bonds. The summed E-state index contributed by atoms with van der Waals surface area (Å²) in [6.07, 6.45) is 1.63. The van der Waals surface area contributed by atoms with Crippen LogP contribution < -0.4 is 0 Å². The molecule has 0 spiro atoms. The van der Waals surface area contributed by atoms with E-state index in [1.165, 1.54) is 11.8 Å². The summed E-state index contributed by atoms with van der Waals surface area (Å²) in [7, 11) is 0. The maximum absolute atomic E-state index is 10.6. The first kappa shape index (κ1) is 18.4. The van der Waals surface area contributed by atoms with E-state index >= 15 is 0 Å². The maximum atomic E-state index is 10.6. The molecule has 24 heavy (non-hydrogen) atoms. The molecule has 0 aliphatic carbocycles. The van der Waals surface area contributed by atoms with Gasteiger partial charge in [-0.25, -0.2) is 9.78 Å². The van der Waals surface area contributed by atoms with E-state index in [0.29, 0.717) is 11.6 Å². The first-order valence-electron chi connectivity index (χ1n) is 7.38. The summed E-state index contributed by atoms with van der Waals surface area (Å²) in [4.78, 5) is 29.0. The molecule has 1 aromatic rings. The van der Waals surface area contributed by atoms with Crippen LogP contribution in [0, 0.1) is 10.1 Å². The van der Waals surface area contributed by atoms with Gasteiger partial charge in [-0.1, -0.05) is 6.92 Å². The normalized spacial score (nSPS) is 24.6. The monoisotopic (exact) mass is 358 g/mol. The number of carboxylic acid groups (broad SMARTS) is 1. The minimum absolute atomic E-state index is 0.00468. The van der Waals surface area contributed by atoms with E-state index in [2.05, 4.69) is 9.82 Å². The molecule has 2 aliphatic heterocycles. The highest BCUT2D eigenvalue weighted by Gasteiger charge is 2.43. The summed E-state index contributed by atoms with van der Waals surface area (Å²) in [6, 6.07) is 3.19. The van der Waals surface area contributed by atoms with E-state index in [0.717, 1.165) is 12.2 Å². The number of nitrogens with zero attached hydrogens (tertiary/aromatic N) is 2. The molecule has 2 fully saturated rings. The van der Waals surface area contributed by atoms with Crippen molar-refractivity contribution < 1.29 is 29.3 Å². The van der Waals surface area contributed by atoms with Gasteiger partial charge in [0.1, 0.15) is 11.1 Å². The van der Waals surface area contributed by atoms with E-state index < -0.39 is 17.2 Å². The van der Waals surface area contributed by atoms with Gasteiger partial charge in [0, 0.05) is 12.8 Å². The van der Waals surface area contributed by atoms with Crippen LogP contribution in [-0.4, -0.2) is 58.4 Å². The molecule has 3 heterocycles. The standard InChI is InChI=1S/C8H9NO2S.C6H9NO5/c1-2-12-7-6(8(10)11)4-3-5-9-7;8-7(9)12-5-3-11-4-1-2-10-6(4)5/h3-5H,2H2,1H3,(H,10,11);4-6H,1-3H2/t;4-,5?,6+/m.1/s1. The highest BCUT2D eigenvalue weighted by atomic mass is 32.2. The minimum Gasteiger partial charge on any atom is -0.478 e. The molecule has 1 aromatic heterocycles. The summed E-state index contributed by atoms with van der Waals surface area (Å²) < 4.78 is 10.5. The number of aromatic carboxylic acids is 1. The number of ether oxygens (including phenoxy) is 2. The number of aromatic nitrogens is 1. The molecule has 0 radical (unpaired) electrons. The van der Waals surface area contributed by atoms with Crippen molar-refractivity contribution in [3.63, 3.8) is 0 Å². The second-order valence-electron chi connectivity index (χ2n) is 4.96. The van der Waals surface area contributed by atoms with Crippen LogP contribution >= 0.6 is 11.8 Å². The largest absolute Gasteiger partial charge is 0.478 e. The molecule has 10 heteroatoms. The fraction of sp³-hybridized carbons (Fsp3) is 0.571. The van der Waals surface area contributed by atoms with Gasteiger partial charge >= 0.3 is 5.97 Å². The summed E-state index contributed by atoms with van der Waals surface area (Å²) in [6.45, 7) is 2.83. The molecule has 0 bridgehead atoms. The molecule has 2 saturated heterocycles. The second kappa shape index (κ2) is 8.81. The number of fused-ring (bicyclic) bond motifs is 1. The van der Waals surface area contributed by atoms with E-state index in [4.69, 9.17) is 14.6 Å². The molecular weight excluding hydrogens is 340 g/mol. The minimum atomic E-state index is -0.918. The topological polar surface area (TPSA) is 121 Å². The lowest BCUT2D eigenvalue weighted by molar-refractivity contribution is -0.769. The van der Waals surface area contributed by atoms with Crippen molar-refractivity contribution >= 4 is 17.7 Å². The van der Waals surface area contributed by atoms with Crippen molar-refractivity contribution in [2.24, 2.45) is 0 Å². The van der Waals surface area contributed by atoms with Gasteiger partial charge in [-0.3, -0.25) is 0 Å². The van der Waals surface area contributed by atoms with E-state index in [-0.39, 0.29) is 24.4 Å². The maximum Gasteiger partial charge on any atom is 0.338 e. The van der Waals surface area contributed by atoms with Crippen molar-refractivity contribution in [2.75, 3.05) is 19.0 Å². The summed E-state index contributed by atoms with van der Waals surface area (Å²) >= 11 is 1.44. The van der Waals surface area contributed by atoms with Gasteiger partial charge in [0.2, 0.25) is 0 Å². The lowest BCUT2D eigenvalue weighted by Gasteiger charge is -2.12. The Morgan fingerprint density at radius 1 is 1.58 bits per heavy atom. The van der Waals surface area contributed by atoms with E-state index in [1.54, 1.807) is 18.3 Å². The lowest BCUT2D eigenvalue weighted by atomic mass is 10.1.